The second-order valence-corrected chi connectivity index (χ2v) is 6.93. The first kappa shape index (κ1) is 18.0. The van der Waals surface area contributed by atoms with Crippen molar-refractivity contribution in [1.82, 2.24) is 5.32 Å². The van der Waals surface area contributed by atoms with Gasteiger partial charge in [-0.15, -0.1) is 0 Å². The zero-order valence-electron chi connectivity index (χ0n) is 14.6. The number of hydrogen-bond donors (Lipinski definition) is 1. The molecule has 0 bridgehead atoms. The van der Waals surface area contributed by atoms with E-state index >= 15 is 0 Å². The average molecular weight is 358 g/mol. The topological polar surface area (TPSA) is 50.7 Å². The third kappa shape index (κ3) is 3.90. The molecule has 0 radical (unpaired) electrons. The molecule has 1 aliphatic heterocycles. The Morgan fingerprint density at radius 1 is 1.23 bits per heavy atom. The van der Waals surface area contributed by atoms with Gasteiger partial charge in [0.25, 0.3) is 5.91 Å². The van der Waals surface area contributed by atoms with Crippen LogP contribution in [0.2, 0.25) is 0 Å². The first-order valence-electron chi connectivity index (χ1n) is 8.38. The summed E-state index contributed by atoms with van der Waals surface area (Å²) in [6.07, 6.45) is -0.514. The monoisotopic (exact) mass is 358 g/mol. The third-order valence-electron chi connectivity index (χ3n) is 4.43. The lowest BCUT2D eigenvalue weighted by Crippen LogP contribution is -2.42. The van der Waals surface area contributed by atoms with Crippen LogP contribution in [0.25, 0.3) is 0 Å². The van der Waals surface area contributed by atoms with Crippen molar-refractivity contribution in [2.45, 2.75) is 31.8 Å². The molecule has 136 valence electrons. The molecule has 1 amide bonds. The Morgan fingerprint density at radius 2 is 2.00 bits per heavy atom. The van der Waals surface area contributed by atoms with Crippen LogP contribution in [0.3, 0.4) is 0 Å². The Kier molecular flexibility index (Phi) is 5.02. The van der Waals surface area contributed by atoms with Crippen LogP contribution in [0.15, 0.2) is 53.7 Å². The fourth-order valence-electron chi connectivity index (χ4n) is 2.88. The fraction of sp³-hybridized carbons (Fsp3) is 0.300. The van der Waals surface area contributed by atoms with Crippen LogP contribution in [0.1, 0.15) is 31.4 Å². The number of hydrogen-bond acceptors (Lipinski definition) is 3. The summed E-state index contributed by atoms with van der Waals surface area (Å²) in [5, 5.41) is 6.69. The van der Waals surface area contributed by atoms with Gasteiger partial charge < -0.3 is 10.2 Å². The Balaban J connectivity index is 1.59. The van der Waals surface area contributed by atoms with E-state index < -0.39 is 11.5 Å². The van der Waals surface area contributed by atoms with Gasteiger partial charge in [-0.25, -0.2) is 8.78 Å². The number of oxime groups is 1. The Morgan fingerprint density at radius 3 is 2.73 bits per heavy atom. The molecule has 1 unspecified atom stereocenters. The third-order valence-corrected chi connectivity index (χ3v) is 4.43. The Hall–Kier alpha value is -2.76. The fourth-order valence-corrected chi connectivity index (χ4v) is 2.88. The quantitative estimate of drug-likeness (QED) is 0.889. The molecule has 4 nitrogen and oxygen atoms in total. The summed E-state index contributed by atoms with van der Waals surface area (Å²) in [6.45, 7) is 3.97. The van der Waals surface area contributed by atoms with Gasteiger partial charge in [0.05, 0.1) is 5.71 Å². The van der Waals surface area contributed by atoms with Crippen molar-refractivity contribution in [2.75, 3.05) is 6.54 Å². The van der Waals surface area contributed by atoms with Crippen LogP contribution in [-0.2, 0) is 15.0 Å². The molecule has 3 rings (SSSR count). The SMILES string of the molecule is CC(C)(CNC(=O)C1CC(c2cccc(F)c2)=NO1)c1ccccc1F. The summed E-state index contributed by atoms with van der Waals surface area (Å²) in [7, 11) is 0. The van der Waals surface area contributed by atoms with Crippen LogP contribution in [0.5, 0.6) is 0 Å². The molecule has 6 heteroatoms. The molecule has 1 aliphatic rings. The zero-order valence-corrected chi connectivity index (χ0v) is 14.6. The first-order valence-corrected chi connectivity index (χ1v) is 8.38. The summed E-state index contributed by atoms with van der Waals surface area (Å²) in [6, 6.07) is 12.5. The van der Waals surface area contributed by atoms with E-state index in [0.29, 0.717) is 16.8 Å². The average Bonchev–Trinajstić information content (AvgIpc) is 3.10. The van der Waals surface area contributed by atoms with Crippen molar-refractivity contribution in [3.05, 3.63) is 71.3 Å². The Labute approximate surface area is 150 Å². The second-order valence-electron chi connectivity index (χ2n) is 6.93. The van der Waals surface area contributed by atoms with Crippen LogP contribution in [-0.4, -0.2) is 24.3 Å². The minimum atomic E-state index is -0.773. The molecule has 0 aliphatic carbocycles. The second kappa shape index (κ2) is 7.23. The van der Waals surface area contributed by atoms with Gasteiger partial charge in [0.2, 0.25) is 6.10 Å². The van der Waals surface area contributed by atoms with E-state index in [9.17, 15) is 13.6 Å². The standard InChI is InChI=1S/C20H20F2N2O2/c1-20(2,15-8-3-4-9-16(15)22)12-23-19(25)18-11-17(24-26-18)13-6-5-7-14(21)10-13/h3-10,18H,11-12H2,1-2H3,(H,23,25). The lowest BCUT2D eigenvalue weighted by atomic mass is 9.84. The number of halogens is 2. The zero-order chi connectivity index (χ0) is 18.7. The molecular weight excluding hydrogens is 338 g/mol. The van der Waals surface area contributed by atoms with Crippen molar-refractivity contribution in [1.29, 1.82) is 0 Å². The maximum atomic E-state index is 14.0. The van der Waals surface area contributed by atoms with Gasteiger partial charge in [-0.1, -0.05) is 49.3 Å². The van der Waals surface area contributed by atoms with Crippen molar-refractivity contribution < 1.29 is 18.4 Å². The highest BCUT2D eigenvalue weighted by atomic mass is 19.1. The minimum absolute atomic E-state index is 0.252. The van der Waals surface area contributed by atoms with Gasteiger partial charge in [0.15, 0.2) is 0 Å². The molecule has 0 aromatic heterocycles. The van der Waals surface area contributed by atoms with Gasteiger partial charge in [-0.2, -0.15) is 0 Å². The maximum Gasteiger partial charge on any atom is 0.264 e. The molecule has 2 aromatic rings. The minimum Gasteiger partial charge on any atom is -0.382 e. The largest absolute Gasteiger partial charge is 0.382 e. The summed E-state index contributed by atoms with van der Waals surface area (Å²) in [5.41, 5.74) is 1.07. The lowest BCUT2D eigenvalue weighted by molar-refractivity contribution is -0.131. The van der Waals surface area contributed by atoms with Crippen LogP contribution >= 0.6 is 0 Å². The summed E-state index contributed by atoms with van der Waals surface area (Å²) in [4.78, 5) is 17.6. The molecule has 0 fully saturated rings. The normalized spacial score (nSPS) is 16.8. The predicted octanol–water partition coefficient (Wildman–Crippen LogP) is 3.55. The van der Waals surface area contributed by atoms with Gasteiger partial charge in [-0.3, -0.25) is 4.79 Å². The number of carbonyl (C=O) groups excluding carboxylic acids is 1. The van der Waals surface area contributed by atoms with Crippen molar-refractivity contribution in [2.24, 2.45) is 5.16 Å². The number of nitrogens with one attached hydrogen (secondary N) is 1. The highest BCUT2D eigenvalue weighted by Crippen LogP contribution is 2.25. The van der Waals surface area contributed by atoms with E-state index in [1.165, 1.54) is 18.2 Å². The number of carbonyl (C=O) groups is 1. The summed E-state index contributed by atoms with van der Waals surface area (Å²) < 4.78 is 27.3. The summed E-state index contributed by atoms with van der Waals surface area (Å²) >= 11 is 0. The van der Waals surface area contributed by atoms with E-state index in [0.717, 1.165) is 0 Å². The van der Waals surface area contributed by atoms with Gasteiger partial charge in [-0.05, 0) is 23.8 Å². The van der Waals surface area contributed by atoms with Crippen molar-refractivity contribution >= 4 is 11.6 Å². The highest BCUT2D eigenvalue weighted by molar-refractivity contribution is 6.04. The predicted molar refractivity (Wildman–Crippen MR) is 94.9 cm³/mol. The van der Waals surface area contributed by atoms with E-state index in [2.05, 4.69) is 10.5 Å². The number of rotatable bonds is 5. The molecule has 0 saturated carbocycles. The molecule has 1 atom stereocenters. The molecular formula is C20H20F2N2O2. The van der Waals surface area contributed by atoms with Crippen LogP contribution < -0.4 is 5.32 Å². The smallest absolute Gasteiger partial charge is 0.264 e. The van der Waals surface area contributed by atoms with E-state index in [1.54, 1.807) is 30.3 Å². The summed E-state index contributed by atoms with van der Waals surface area (Å²) in [5.74, 6) is -1.00. The number of nitrogens with zero attached hydrogens (tertiary/aromatic N) is 1. The number of benzene rings is 2. The van der Waals surface area contributed by atoms with E-state index in [1.807, 2.05) is 13.8 Å². The van der Waals surface area contributed by atoms with Gasteiger partial charge in [0, 0.05) is 23.9 Å². The maximum absolute atomic E-state index is 14.0. The van der Waals surface area contributed by atoms with Crippen molar-refractivity contribution in [3.8, 4) is 0 Å². The van der Waals surface area contributed by atoms with E-state index in [-0.39, 0.29) is 30.5 Å². The van der Waals surface area contributed by atoms with Crippen molar-refractivity contribution in [3.63, 3.8) is 0 Å². The number of amides is 1. The molecule has 2 aromatic carbocycles. The Bertz CT molecular complexity index is 849. The van der Waals surface area contributed by atoms with Crippen LogP contribution in [0.4, 0.5) is 8.78 Å². The van der Waals surface area contributed by atoms with Gasteiger partial charge >= 0.3 is 0 Å². The molecule has 0 spiro atoms. The van der Waals surface area contributed by atoms with E-state index in [4.69, 9.17) is 4.84 Å². The lowest BCUT2D eigenvalue weighted by Gasteiger charge is -2.26. The molecule has 1 N–H and O–H groups in total. The highest BCUT2D eigenvalue weighted by Gasteiger charge is 2.31. The first-order chi connectivity index (χ1) is 12.4. The molecule has 1 heterocycles. The van der Waals surface area contributed by atoms with Crippen LogP contribution in [0, 0.1) is 11.6 Å². The molecule has 26 heavy (non-hydrogen) atoms. The molecule has 0 saturated heterocycles. The van der Waals surface area contributed by atoms with Gasteiger partial charge in [0.1, 0.15) is 11.6 Å².